The molecule has 3 heteroatoms. The first-order valence-electron chi connectivity index (χ1n) is 4.79. The fourth-order valence-corrected chi connectivity index (χ4v) is 2.84. The second-order valence-electron chi connectivity index (χ2n) is 4.17. The Hall–Kier alpha value is -1.12. The SMILES string of the molecule is CC1=N[C@@H]2[C@H](C(=O)N1)[C@H]1C=C[C@@H]2C1. The quantitative estimate of drug-likeness (QED) is 0.543. The van der Waals surface area contributed by atoms with Crippen molar-refractivity contribution in [3.63, 3.8) is 0 Å². The number of nitrogens with zero attached hydrogens (tertiary/aromatic N) is 1. The molecule has 13 heavy (non-hydrogen) atoms. The molecule has 1 saturated carbocycles. The summed E-state index contributed by atoms with van der Waals surface area (Å²) in [6.45, 7) is 1.86. The molecule has 0 aromatic rings. The van der Waals surface area contributed by atoms with Gasteiger partial charge in [-0.05, 0) is 19.3 Å². The van der Waals surface area contributed by atoms with Gasteiger partial charge in [-0.25, -0.2) is 0 Å². The van der Waals surface area contributed by atoms with Gasteiger partial charge in [-0.3, -0.25) is 9.79 Å². The number of hydrogen-bond donors (Lipinski definition) is 1. The monoisotopic (exact) mass is 176 g/mol. The van der Waals surface area contributed by atoms with Crippen molar-refractivity contribution in [2.45, 2.75) is 19.4 Å². The van der Waals surface area contributed by atoms with Crippen molar-refractivity contribution in [3.8, 4) is 0 Å². The zero-order valence-electron chi connectivity index (χ0n) is 7.53. The van der Waals surface area contributed by atoms with E-state index in [1.165, 1.54) is 0 Å². The van der Waals surface area contributed by atoms with Crippen LogP contribution in [0.25, 0.3) is 0 Å². The highest BCUT2D eigenvalue weighted by Gasteiger charge is 2.49. The van der Waals surface area contributed by atoms with E-state index in [-0.39, 0.29) is 17.9 Å². The van der Waals surface area contributed by atoms with E-state index in [0.29, 0.717) is 11.8 Å². The van der Waals surface area contributed by atoms with Gasteiger partial charge in [0, 0.05) is 5.92 Å². The summed E-state index contributed by atoms with van der Waals surface area (Å²) < 4.78 is 0. The van der Waals surface area contributed by atoms with Crippen LogP contribution in [-0.2, 0) is 4.79 Å². The smallest absolute Gasteiger partial charge is 0.231 e. The van der Waals surface area contributed by atoms with Crippen molar-refractivity contribution in [1.29, 1.82) is 0 Å². The van der Waals surface area contributed by atoms with Gasteiger partial charge in [0.1, 0.15) is 5.84 Å². The highest BCUT2D eigenvalue weighted by molar-refractivity contribution is 6.00. The van der Waals surface area contributed by atoms with Gasteiger partial charge in [-0.1, -0.05) is 12.2 Å². The third-order valence-corrected chi connectivity index (χ3v) is 3.37. The number of nitrogens with one attached hydrogen (secondary N) is 1. The van der Waals surface area contributed by atoms with Crippen LogP contribution in [0.2, 0.25) is 0 Å². The highest BCUT2D eigenvalue weighted by Crippen LogP contribution is 2.46. The number of fused-ring (bicyclic) bond motifs is 5. The minimum atomic E-state index is 0.124. The van der Waals surface area contributed by atoms with Gasteiger partial charge in [-0.15, -0.1) is 0 Å². The minimum Gasteiger partial charge on any atom is -0.314 e. The third-order valence-electron chi connectivity index (χ3n) is 3.37. The summed E-state index contributed by atoms with van der Waals surface area (Å²) in [6, 6.07) is 0.240. The van der Waals surface area contributed by atoms with Crippen LogP contribution in [0, 0.1) is 17.8 Å². The molecule has 0 saturated heterocycles. The van der Waals surface area contributed by atoms with Crippen LogP contribution in [0.5, 0.6) is 0 Å². The Bertz CT molecular complexity index is 332. The number of allylic oxidation sites excluding steroid dienone is 1. The molecule has 1 fully saturated rings. The molecule has 68 valence electrons. The summed E-state index contributed by atoms with van der Waals surface area (Å²) in [6.07, 6.45) is 5.53. The molecule has 3 nitrogen and oxygen atoms in total. The second-order valence-corrected chi connectivity index (χ2v) is 4.17. The molecule has 0 radical (unpaired) electrons. The van der Waals surface area contributed by atoms with Crippen LogP contribution in [0.15, 0.2) is 17.1 Å². The topological polar surface area (TPSA) is 41.5 Å². The van der Waals surface area contributed by atoms with Crippen molar-refractivity contribution < 1.29 is 4.79 Å². The van der Waals surface area contributed by atoms with Gasteiger partial charge in [0.2, 0.25) is 5.91 Å². The Labute approximate surface area is 76.9 Å². The van der Waals surface area contributed by atoms with E-state index in [9.17, 15) is 4.79 Å². The molecule has 2 aliphatic carbocycles. The Morgan fingerprint density at radius 1 is 1.46 bits per heavy atom. The van der Waals surface area contributed by atoms with Crippen LogP contribution in [0.1, 0.15) is 13.3 Å². The zero-order chi connectivity index (χ0) is 9.00. The maximum absolute atomic E-state index is 11.7. The first-order valence-corrected chi connectivity index (χ1v) is 4.79. The van der Waals surface area contributed by atoms with Gasteiger partial charge in [0.05, 0.1) is 12.0 Å². The Kier molecular flexibility index (Phi) is 1.25. The number of aliphatic imine (C=N–C) groups is 1. The lowest BCUT2D eigenvalue weighted by molar-refractivity contribution is -0.125. The fourth-order valence-electron chi connectivity index (χ4n) is 2.84. The lowest BCUT2D eigenvalue weighted by Crippen LogP contribution is -2.46. The number of carbonyl (C=O) groups excluding carboxylic acids is 1. The van der Waals surface area contributed by atoms with Gasteiger partial charge in [0.15, 0.2) is 0 Å². The number of amides is 1. The first-order chi connectivity index (χ1) is 6.25. The standard InChI is InChI=1S/C10H12N2O/c1-5-11-9-7-3-2-6(4-7)8(9)10(13)12-5/h2-3,6-9H,4H2,1H3,(H,11,12,13)/t6-,7+,8+,9-/m0/s1. The third kappa shape index (κ3) is 0.844. The van der Waals surface area contributed by atoms with E-state index in [1.807, 2.05) is 6.92 Å². The van der Waals surface area contributed by atoms with E-state index in [4.69, 9.17) is 0 Å². The van der Waals surface area contributed by atoms with E-state index in [2.05, 4.69) is 22.5 Å². The maximum atomic E-state index is 11.7. The zero-order valence-corrected chi connectivity index (χ0v) is 7.53. The first kappa shape index (κ1) is 7.30. The molecule has 4 atom stereocenters. The molecule has 0 unspecified atom stereocenters. The van der Waals surface area contributed by atoms with Gasteiger partial charge < -0.3 is 5.32 Å². The van der Waals surface area contributed by atoms with Crippen molar-refractivity contribution in [2.75, 3.05) is 0 Å². The molecule has 1 N–H and O–H groups in total. The predicted octanol–water partition coefficient (Wildman–Crippen LogP) is 0.725. The molecule has 0 aromatic heterocycles. The second kappa shape index (κ2) is 2.22. The fraction of sp³-hybridized carbons (Fsp3) is 0.600. The van der Waals surface area contributed by atoms with E-state index in [1.54, 1.807) is 0 Å². The lowest BCUT2D eigenvalue weighted by Gasteiger charge is -2.28. The molecule has 1 heterocycles. The Balaban J connectivity index is 2.04. The highest BCUT2D eigenvalue weighted by atomic mass is 16.2. The van der Waals surface area contributed by atoms with Crippen molar-refractivity contribution in [1.82, 2.24) is 5.32 Å². The largest absolute Gasteiger partial charge is 0.314 e. The molecular weight excluding hydrogens is 164 g/mol. The molecule has 1 amide bonds. The maximum Gasteiger partial charge on any atom is 0.231 e. The van der Waals surface area contributed by atoms with Crippen molar-refractivity contribution in [3.05, 3.63) is 12.2 Å². The Morgan fingerprint density at radius 3 is 3.08 bits per heavy atom. The molecular formula is C10H12N2O. The molecule has 1 aliphatic heterocycles. The van der Waals surface area contributed by atoms with Crippen LogP contribution in [0.3, 0.4) is 0 Å². The Morgan fingerprint density at radius 2 is 2.23 bits per heavy atom. The summed E-state index contributed by atoms with van der Waals surface area (Å²) in [7, 11) is 0. The summed E-state index contributed by atoms with van der Waals surface area (Å²) in [5.74, 6) is 2.06. The van der Waals surface area contributed by atoms with Crippen molar-refractivity contribution in [2.24, 2.45) is 22.7 Å². The van der Waals surface area contributed by atoms with Gasteiger partial charge >= 0.3 is 0 Å². The van der Waals surface area contributed by atoms with Crippen LogP contribution in [-0.4, -0.2) is 17.8 Å². The van der Waals surface area contributed by atoms with E-state index < -0.39 is 0 Å². The summed E-state index contributed by atoms with van der Waals surface area (Å²) in [5.41, 5.74) is 0. The van der Waals surface area contributed by atoms with Crippen LogP contribution >= 0.6 is 0 Å². The number of hydrogen-bond acceptors (Lipinski definition) is 2. The number of carbonyl (C=O) groups is 1. The summed E-state index contributed by atoms with van der Waals surface area (Å²) in [4.78, 5) is 16.2. The molecule has 0 aromatic carbocycles. The molecule has 3 rings (SSSR count). The average molecular weight is 176 g/mol. The van der Waals surface area contributed by atoms with Crippen molar-refractivity contribution >= 4 is 11.7 Å². The number of amidine groups is 1. The normalized spacial score (nSPS) is 45.9. The average Bonchev–Trinajstić information content (AvgIpc) is 2.62. The van der Waals surface area contributed by atoms with Crippen LogP contribution in [0.4, 0.5) is 0 Å². The van der Waals surface area contributed by atoms with Gasteiger partial charge in [0.25, 0.3) is 0 Å². The summed E-state index contributed by atoms with van der Waals surface area (Å²) in [5, 5.41) is 2.81. The molecule has 3 aliphatic rings. The minimum absolute atomic E-state index is 0.124. The summed E-state index contributed by atoms with van der Waals surface area (Å²) >= 11 is 0. The molecule has 2 bridgehead atoms. The van der Waals surface area contributed by atoms with Crippen LogP contribution < -0.4 is 5.32 Å². The van der Waals surface area contributed by atoms with E-state index in [0.717, 1.165) is 12.3 Å². The molecule has 0 spiro atoms. The number of rotatable bonds is 0. The predicted molar refractivity (Wildman–Crippen MR) is 49.3 cm³/mol. The van der Waals surface area contributed by atoms with Gasteiger partial charge in [-0.2, -0.15) is 0 Å². The van der Waals surface area contributed by atoms with E-state index >= 15 is 0 Å². The lowest BCUT2D eigenvalue weighted by atomic mass is 9.87.